The first kappa shape index (κ1) is 11.1. The number of aryl methyl sites for hydroxylation is 2. The number of anilines is 1. The van der Waals surface area contributed by atoms with E-state index in [1.54, 1.807) is 11.3 Å². The van der Waals surface area contributed by atoms with Gasteiger partial charge >= 0.3 is 0 Å². The van der Waals surface area contributed by atoms with Crippen molar-refractivity contribution in [1.29, 1.82) is 0 Å². The van der Waals surface area contributed by atoms with E-state index in [4.69, 9.17) is 0 Å². The summed E-state index contributed by atoms with van der Waals surface area (Å²) >= 11 is 1.79. The molecule has 2 aromatic rings. The monoisotopic (exact) mass is 233 g/mol. The molecule has 0 saturated heterocycles. The van der Waals surface area contributed by atoms with E-state index in [0.717, 1.165) is 24.5 Å². The van der Waals surface area contributed by atoms with Crippen molar-refractivity contribution >= 4 is 17.2 Å². The number of aromatic nitrogens is 2. The molecule has 4 heteroatoms. The van der Waals surface area contributed by atoms with Gasteiger partial charge in [0, 0.05) is 4.88 Å². The molecule has 3 nitrogen and oxygen atoms in total. The lowest BCUT2D eigenvalue weighted by Gasteiger charge is -2.04. The zero-order valence-electron chi connectivity index (χ0n) is 9.53. The summed E-state index contributed by atoms with van der Waals surface area (Å²) in [5.41, 5.74) is 2.36. The van der Waals surface area contributed by atoms with Gasteiger partial charge in [-0.3, -0.25) is 0 Å². The van der Waals surface area contributed by atoms with E-state index in [1.165, 1.54) is 10.4 Å². The highest BCUT2D eigenvalue weighted by Crippen LogP contribution is 2.18. The molecule has 0 bridgehead atoms. The number of nitrogens with one attached hydrogen (secondary N) is 1. The molecule has 2 heterocycles. The molecule has 0 aliphatic rings. The van der Waals surface area contributed by atoms with E-state index in [0.29, 0.717) is 0 Å². The van der Waals surface area contributed by atoms with E-state index in [9.17, 15) is 0 Å². The van der Waals surface area contributed by atoms with Crippen molar-refractivity contribution in [3.8, 4) is 0 Å². The van der Waals surface area contributed by atoms with Crippen LogP contribution in [0.3, 0.4) is 0 Å². The summed E-state index contributed by atoms with van der Waals surface area (Å²) in [6.45, 7) is 4.95. The predicted molar refractivity (Wildman–Crippen MR) is 67.8 cm³/mol. The SMILES string of the molecule is CCc1ccsc1CNc1ccc(C)nn1. The summed E-state index contributed by atoms with van der Waals surface area (Å²) in [6.07, 6.45) is 1.08. The van der Waals surface area contributed by atoms with Crippen molar-refractivity contribution in [3.05, 3.63) is 39.7 Å². The Balaban J connectivity index is 1.99. The van der Waals surface area contributed by atoms with Gasteiger partial charge in [0.2, 0.25) is 0 Å². The minimum atomic E-state index is 0.832. The lowest BCUT2D eigenvalue weighted by molar-refractivity contribution is 0.962. The van der Waals surface area contributed by atoms with Gasteiger partial charge in [0.25, 0.3) is 0 Å². The Kier molecular flexibility index (Phi) is 3.51. The van der Waals surface area contributed by atoms with Crippen LogP contribution in [-0.4, -0.2) is 10.2 Å². The summed E-state index contributed by atoms with van der Waals surface area (Å²) in [6, 6.07) is 6.11. The van der Waals surface area contributed by atoms with Gasteiger partial charge < -0.3 is 5.32 Å². The third kappa shape index (κ3) is 2.58. The van der Waals surface area contributed by atoms with Crippen LogP contribution in [0.2, 0.25) is 0 Å². The van der Waals surface area contributed by atoms with Crippen LogP contribution in [0.25, 0.3) is 0 Å². The molecule has 0 atom stereocenters. The van der Waals surface area contributed by atoms with Crippen LogP contribution in [0.5, 0.6) is 0 Å². The topological polar surface area (TPSA) is 37.8 Å². The lowest BCUT2D eigenvalue weighted by Crippen LogP contribution is -2.02. The maximum Gasteiger partial charge on any atom is 0.148 e. The minimum absolute atomic E-state index is 0.832. The molecule has 0 amide bonds. The standard InChI is InChI=1S/C12H15N3S/c1-3-10-6-7-16-11(10)8-13-12-5-4-9(2)14-15-12/h4-7H,3,8H2,1-2H3,(H,13,15). The van der Waals surface area contributed by atoms with Crippen LogP contribution in [0.15, 0.2) is 23.6 Å². The fourth-order valence-electron chi connectivity index (χ4n) is 1.50. The fourth-order valence-corrected chi connectivity index (χ4v) is 2.42. The molecule has 0 aromatic carbocycles. The molecule has 0 aliphatic heterocycles. The Morgan fingerprint density at radius 3 is 2.81 bits per heavy atom. The van der Waals surface area contributed by atoms with Gasteiger partial charge in [-0.15, -0.1) is 16.4 Å². The smallest absolute Gasteiger partial charge is 0.148 e. The number of nitrogens with zero attached hydrogens (tertiary/aromatic N) is 2. The Labute approximate surface area is 99.5 Å². The molecule has 2 rings (SSSR count). The van der Waals surface area contributed by atoms with Gasteiger partial charge in [-0.1, -0.05) is 6.92 Å². The van der Waals surface area contributed by atoms with E-state index in [-0.39, 0.29) is 0 Å². The van der Waals surface area contributed by atoms with Gasteiger partial charge in [-0.2, -0.15) is 5.10 Å². The molecule has 0 radical (unpaired) electrons. The summed E-state index contributed by atoms with van der Waals surface area (Å²) in [5, 5.41) is 13.5. The third-order valence-electron chi connectivity index (χ3n) is 2.45. The Hall–Kier alpha value is -1.42. The lowest BCUT2D eigenvalue weighted by atomic mass is 10.2. The molecule has 0 aliphatic carbocycles. The number of thiophene rings is 1. The second-order valence-electron chi connectivity index (χ2n) is 3.64. The minimum Gasteiger partial charge on any atom is -0.364 e. The van der Waals surface area contributed by atoms with Crippen LogP contribution in [0.4, 0.5) is 5.82 Å². The Bertz CT molecular complexity index is 448. The summed E-state index contributed by atoms with van der Waals surface area (Å²) < 4.78 is 0. The van der Waals surface area contributed by atoms with Crippen molar-refractivity contribution in [2.45, 2.75) is 26.8 Å². The Morgan fingerprint density at radius 2 is 2.12 bits per heavy atom. The van der Waals surface area contributed by atoms with Crippen molar-refractivity contribution in [2.75, 3.05) is 5.32 Å². The Morgan fingerprint density at radius 1 is 1.25 bits per heavy atom. The van der Waals surface area contributed by atoms with Crippen molar-refractivity contribution < 1.29 is 0 Å². The van der Waals surface area contributed by atoms with Crippen LogP contribution < -0.4 is 5.32 Å². The van der Waals surface area contributed by atoms with E-state index < -0.39 is 0 Å². The average Bonchev–Trinajstić information content (AvgIpc) is 2.76. The summed E-state index contributed by atoms with van der Waals surface area (Å²) in [4.78, 5) is 1.38. The zero-order chi connectivity index (χ0) is 11.4. The van der Waals surface area contributed by atoms with Gasteiger partial charge in [-0.05, 0) is 42.5 Å². The van der Waals surface area contributed by atoms with Crippen LogP contribution in [-0.2, 0) is 13.0 Å². The highest BCUT2D eigenvalue weighted by atomic mass is 32.1. The van der Waals surface area contributed by atoms with Crippen LogP contribution in [0.1, 0.15) is 23.1 Å². The zero-order valence-corrected chi connectivity index (χ0v) is 10.3. The molecule has 0 spiro atoms. The molecule has 2 aromatic heterocycles. The molecule has 84 valence electrons. The van der Waals surface area contributed by atoms with Crippen LogP contribution >= 0.6 is 11.3 Å². The number of hydrogen-bond acceptors (Lipinski definition) is 4. The van der Waals surface area contributed by atoms with Crippen LogP contribution in [0, 0.1) is 6.92 Å². The quantitative estimate of drug-likeness (QED) is 0.882. The van der Waals surface area contributed by atoms with Gasteiger partial charge in [0.15, 0.2) is 0 Å². The highest BCUT2D eigenvalue weighted by Gasteiger charge is 2.02. The maximum atomic E-state index is 4.08. The van der Waals surface area contributed by atoms with Gasteiger partial charge in [-0.25, -0.2) is 0 Å². The van der Waals surface area contributed by atoms with E-state index in [1.807, 2.05) is 19.1 Å². The van der Waals surface area contributed by atoms with Gasteiger partial charge in [0.1, 0.15) is 5.82 Å². The molecule has 0 saturated carbocycles. The van der Waals surface area contributed by atoms with Gasteiger partial charge in [0.05, 0.1) is 12.2 Å². The number of hydrogen-bond donors (Lipinski definition) is 1. The largest absolute Gasteiger partial charge is 0.364 e. The molecule has 16 heavy (non-hydrogen) atoms. The fraction of sp³-hybridized carbons (Fsp3) is 0.333. The normalized spacial score (nSPS) is 10.4. The van der Waals surface area contributed by atoms with Crippen molar-refractivity contribution in [1.82, 2.24) is 10.2 Å². The van der Waals surface area contributed by atoms with Crippen molar-refractivity contribution in [2.24, 2.45) is 0 Å². The van der Waals surface area contributed by atoms with Crippen molar-refractivity contribution in [3.63, 3.8) is 0 Å². The first-order valence-corrected chi connectivity index (χ1v) is 6.27. The maximum absolute atomic E-state index is 4.08. The summed E-state index contributed by atoms with van der Waals surface area (Å²) in [5.74, 6) is 0.834. The molecular weight excluding hydrogens is 218 g/mol. The first-order valence-electron chi connectivity index (χ1n) is 5.39. The summed E-state index contributed by atoms with van der Waals surface area (Å²) in [7, 11) is 0. The second kappa shape index (κ2) is 5.07. The highest BCUT2D eigenvalue weighted by molar-refractivity contribution is 7.10. The molecule has 1 N–H and O–H groups in total. The third-order valence-corrected chi connectivity index (χ3v) is 3.41. The first-order chi connectivity index (χ1) is 7.79. The van der Waals surface area contributed by atoms with E-state index in [2.05, 4.69) is 33.9 Å². The average molecular weight is 233 g/mol. The van der Waals surface area contributed by atoms with E-state index >= 15 is 0 Å². The molecule has 0 fully saturated rings. The predicted octanol–water partition coefficient (Wildman–Crippen LogP) is 3.02. The molecular formula is C12H15N3S. The number of rotatable bonds is 4. The molecule has 0 unspecified atom stereocenters. The second-order valence-corrected chi connectivity index (χ2v) is 4.64.